The highest BCUT2D eigenvalue weighted by Gasteiger charge is 2.68. The zero-order chi connectivity index (χ0) is 24.6. The monoisotopic (exact) mass is 488 g/mol. The van der Waals surface area contributed by atoms with Crippen LogP contribution < -0.4 is 10.1 Å². The fourth-order valence-electron chi connectivity index (χ4n) is 6.06. The molecule has 2 saturated heterocycles. The number of nitrogens with zero attached hydrogens (tertiary/aromatic N) is 1. The third kappa shape index (κ3) is 4.24. The molecule has 0 spiro atoms. The second kappa shape index (κ2) is 9.90. The van der Waals surface area contributed by atoms with Crippen LogP contribution in [0, 0.1) is 17.8 Å². The van der Waals surface area contributed by atoms with E-state index < -0.39 is 29.4 Å². The van der Waals surface area contributed by atoms with Crippen LogP contribution >= 0.6 is 11.8 Å². The Morgan fingerprint density at radius 1 is 1.18 bits per heavy atom. The molecule has 4 rings (SSSR count). The maximum Gasteiger partial charge on any atom is 0.326 e. The SMILES string of the molecule is COC(=O)[C@]1(CC(C)C)NC(c2ccc(SC3CCCCC3)c(OC)c2)C2C(=O)N(C)C(=O)C21. The second-order valence-electron chi connectivity index (χ2n) is 10.2. The lowest BCUT2D eigenvalue weighted by Gasteiger charge is -2.33. The molecule has 1 N–H and O–H groups in total. The lowest BCUT2D eigenvalue weighted by atomic mass is 9.75. The molecule has 0 radical (unpaired) electrons. The van der Waals surface area contributed by atoms with E-state index in [1.54, 1.807) is 7.11 Å². The minimum atomic E-state index is -1.25. The predicted molar refractivity (Wildman–Crippen MR) is 131 cm³/mol. The summed E-state index contributed by atoms with van der Waals surface area (Å²) >= 11 is 1.86. The van der Waals surface area contributed by atoms with Crippen molar-refractivity contribution in [2.45, 2.75) is 74.1 Å². The Labute approximate surface area is 206 Å². The third-order valence-electron chi connectivity index (χ3n) is 7.55. The first-order valence-corrected chi connectivity index (χ1v) is 13.1. The van der Waals surface area contributed by atoms with E-state index >= 15 is 0 Å². The van der Waals surface area contributed by atoms with E-state index in [1.165, 1.54) is 51.2 Å². The Morgan fingerprint density at radius 3 is 2.50 bits per heavy atom. The van der Waals surface area contributed by atoms with Gasteiger partial charge in [0.1, 0.15) is 11.3 Å². The number of rotatable bonds is 7. The van der Waals surface area contributed by atoms with Gasteiger partial charge in [0.25, 0.3) is 0 Å². The average molecular weight is 489 g/mol. The van der Waals surface area contributed by atoms with E-state index in [4.69, 9.17) is 9.47 Å². The number of benzene rings is 1. The van der Waals surface area contributed by atoms with E-state index in [-0.39, 0.29) is 17.7 Å². The number of methoxy groups -OCH3 is 2. The van der Waals surface area contributed by atoms with E-state index in [9.17, 15) is 14.4 Å². The van der Waals surface area contributed by atoms with Crippen LogP contribution in [0.4, 0.5) is 0 Å². The number of hydrogen-bond donors (Lipinski definition) is 1. The normalized spacial score (nSPS) is 29.6. The van der Waals surface area contributed by atoms with Gasteiger partial charge in [0.2, 0.25) is 11.8 Å². The van der Waals surface area contributed by atoms with Gasteiger partial charge < -0.3 is 9.47 Å². The highest BCUT2D eigenvalue weighted by molar-refractivity contribution is 8.00. The van der Waals surface area contributed by atoms with Crippen LogP contribution in [0.1, 0.15) is 64.0 Å². The number of ether oxygens (including phenoxy) is 2. The van der Waals surface area contributed by atoms with E-state index in [0.717, 1.165) is 16.2 Å². The van der Waals surface area contributed by atoms with Gasteiger partial charge in [-0.05, 0) is 42.9 Å². The number of fused-ring (bicyclic) bond motifs is 1. The molecule has 2 heterocycles. The summed E-state index contributed by atoms with van der Waals surface area (Å²) in [5, 5.41) is 4.02. The molecule has 3 unspecified atom stereocenters. The van der Waals surface area contributed by atoms with Crippen LogP contribution in [0.2, 0.25) is 0 Å². The number of carbonyl (C=O) groups excluding carboxylic acids is 3. The van der Waals surface area contributed by atoms with Crippen molar-refractivity contribution in [3.8, 4) is 5.75 Å². The molecule has 1 aliphatic carbocycles. The number of imide groups is 1. The molecule has 4 atom stereocenters. The number of thioether (sulfide) groups is 1. The lowest BCUT2D eigenvalue weighted by Crippen LogP contribution is -2.56. The number of hydrogen-bond acceptors (Lipinski definition) is 7. The fourth-order valence-corrected chi connectivity index (χ4v) is 7.39. The van der Waals surface area contributed by atoms with Gasteiger partial charge in [-0.25, -0.2) is 0 Å². The third-order valence-corrected chi connectivity index (χ3v) is 8.94. The zero-order valence-corrected chi connectivity index (χ0v) is 21.6. The molecule has 34 heavy (non-hydrogen) atoms. The van der Waals surface area contributed by atoms with Gasteiger partial charge in [0, 0.05) is 23.2 Å². The molecule has 1 saturated carbocycles. The minimum Gasteiger partial charge on any atom is -0.496 e. The van der Waals surface area contributed by atoms with Gasteiger partial charge in [-0.3, -0.25) is 24.6 Å². The summed E-state index contributed by atoms with van der Waals surface area (Å²) in [6.07, 6.45) is 6.66. The molecule has 0 bridgehead atoms. The van der Waals surface area contributed by atoms with Crippen LogP contribution in [-0.2, 0) is 19.1 Å². The van der Waals surface area contributed by atoms with E-state index in [0.29, 0.717) is 11.7 Å². The molecule has 1 aromatic rings. The maximum atomic E-state index is 13.2. The summed E-state index contributed by atoms with van der Waals surface area (Å²) in [6.45, 7) is 4.00. The van der Waals surface area contributed by atoms with Gasteiger partial charge in [-0.15, -0.1) is 11.8 Å². The van der Waals surface area contributed by atoms with Crippen molar-refractivity contribution < 1.29 is 23.9 Å². The molecule has 7 nitrogen and oxygen atoms in total. The summed E-state index contributed by atoms with van der Waals surface area (Å²) in [6, 6.07) is 5.52. The van der Waals surface area contributed by atoms with Crippen LogP contribution in [0.5, 0.6) is 5.75 Å². The van der Waals surface area contributed by atoms with Crippen molar-refractivity contribution in [3.05, 3.63) is 23.8 Å². The summed E-state index contributed by atoms with van der Waals surface area (Å²) in [5.41, 5.74) is -0.413. The van der Waals surface area contributed by atoms with Gasteiger partial charge in [-0.1, -0.05) is 39.2 Å². The molecule has 2 aliphatic heterocycles. The summed E-state index contributed by atoms with van der Waals surface area (Å²) < 4.78 is 10.9. The smallest absolute Gasteiger partial charge is 0.326 e. The standard InChI is InChI=1S/C26H36N2O5S/c1-15(2)14-26(25(31)33-5)21-20(23(29)28(3)24(21)30)22(27-26)16-11-12-19(18(13-16)32-4)34-17-9-7-6-8-10-17/h11-13,15,17,20-22,27H,6-10,14H2,1-5H3/t20?,21?,22?,26-/m1/s1. The maximum absolute atomic E-state index is 13.2. The summed E-state index contributed by atoms with van der Waals surface area (Å²) in [5.74, 6) is -1.68. The average Bonchev–Trinajstić information content (AvgIpc) is 3.28. The first-order chi connectivity index (χ1) is 16.2. The lowest BCUT2D eigenvalue weighted by molar-refractivity contribution is -0.154. The molecule has 2 amide bonds. The van der Waals surface area contributed by atoms with E-state index in [2.05, 4.69) is 11.4 Å². The van der Waals surface area contributed by atoms with Crippen LogP contribution in [0.15, 0.2) is 23.1 Å². The molecule has 8 heteroatoms. The highest BCUT2D eigenvalue weighted by atomic mass is 32.2. The number of esters is 1. The molecule has 1 aromatic carbocycles. The molecular formula is C26H36N2O5S. The van der Waals surface area contributed by atoms with Crippen molar-refractivity contribution in [3.63, 3.8) is 0 Å². The topological polar surface area (TPSA) is 84.9 Å². The van der Waals surface area contributed by atoms with E-state index in [1.807, 2.05) is 37.7 Å². The molecule has 3 aliphatic rings. The largest absolute Gasteiger partial charge is 0.496 e. The minimum absolute atomic E-state index is 0.114. The first kappa shape index (κ1) is 25.0. The Kier molecular flexibility index (Phi) is 7.29. The van der Waals surface area contributed by atoms with Crippen molar-refractivity contribution in [2.24, 2.45) is 17.8 Å². The van der Waals surface area contributed by atoms with Crippen LogP contribution in [0.25, 0.3) is 0 Å². The Bertz CT molecular complexity index is 961. The number of carbonyl (C=O) groups is 3. The van der Waals surface area contributed by atoms with Crippen molar-refractivity contribution in [1.29, 1.82) is 0 Å². The molecular weight excluding hydrogens is 452 g/mol. The quantitative estimate of drug-likeness (QED) is 0.459. The number of nitrogens with one attached hydrogen (secondary N) is 1. The van der Waals surface area contributed by atoms with Gasteiger partial charge in [0.05, 0.1) is 26.1 Å². The Morgan fingerprint density at radius 2 is 1.88 bits per heavy atom. The van der Waals surface area contributed by atoms with Gasteiger partial charge >= 0.3 is 5.97 Å². The summed E-state index contributed by atoms with van der Waals surface area (Å²) in [4.78, 5) is 41.9. The molecule has 186 valence electrons. The fraction of sp³-hybridized carbons (Fsp3) is 0.654. The van der Waals surface area contributed by atoms with Crippen LogP contribution in [-0.4, -0.2) is 54.7 Å². The van der Waals surface area contributed by atoms with Crippen LogP contribution in [0.3, 0.4) is 0 Å². The predicted octanol–water partition coefficient (Wildman–Crippen LogP) is 3.95. The number of likely N-dealkylation sites (tertiary alicyclic amines) is 1. The Balaban J connectivity index is 1.72. The van der Waals surface area contributed by atoms with Crippen molar-refractivity contribution >= 4 is 29.5 Å². The molecule has 3 fully saturated rings. The van der Waals surface area contributed by atoms with Gasteiger partial charge in [-0.2, -0.15) is 0 Å². The first-order valence-electron chi connectivity index (χ1n) is 12.3. The Hall–Kier alpha value is -2.06. The number of amides is 2. The van der Waals surface area contributed by atoms with Gasteiger partial charge in [0.15, 0.2) is 0 Å². The molecule has 0 aromatic heterocycles. The second-order valence-corrected chi connectivity index (χ2v) is 11.6. The van der Waals surface area contributed by atoms with Crippen molar-refractivity contribution in [2.75, 3.05) is 21.3 Å². The summed E-state index contributed by atoms with van der Waals surface area (Å²) in [7, 11) is 4.49. The van der Waals surface area contributed by atoms with Crippen molar-refractivity contribution in [1.82, 2.24) is 10.2 Å². The highest BCUT2D eigenvalue weighted by Crippen LogP contribution is 2.51. The zero-order valence-electron chi connectivity index (χ0n) is 20.8.